The zero-order valence-electron chi connectivity index (χ0n) is 17.0. The first-order chi connectivity index (χ1) is 13.4. The van der Waals surface area contributed by atoms with Gasteiger partial charge in [0.05, 0.1) is 11.3 Å². The Morgan fingerprint density at radius 2 is 1.89 bits per heavy atom. The van der Waals surface area contributed by atoms with Crippen molar-refractivity contribution in [1.29, 1.82) is 0 Å². The first-order valence-corrected chi connectivity index (χ1v) is 9.42. The fraction of sp³-hybridized carbons (Fsp3) is 0.304. The molecule has 0 radical (unpaired) electrons. The van der Waals surface area contributed by atoms with Crippen LogP contribution in [0.15, 0.2) is 47.0 Å². The summed E-state index contributed by atoms with van der Waals surface area (Å²) in [6, 6.07) is 13.3. The Labute approximate surface area is 165 Å². The predicted octanol–water partition coefficient (Wildman–Crippen LogP) is 5.55. The summed E-state index contributed by atoms with van der Waals surface area (Å²) in [5, 5.41) is 7.00. The summed E-state index contributed by atoms with van der Waals surface area (Å²) in [5.74, 6) is 1.53. The molecule has 0 unspecified atom stereocenters. The van der Waals surface area contributed by atoms with E-state index in [1.54, 1.807) is 12.1 Å². The quantitative estimate of drug-likeness (QED) is 0.610. The van der Waals surface area contributed by atoms with Gasteiger partial charge in [-0.1, -0.05) is 43.3 Å². The number of benzene rings is 2. The number of hydrogen-bond donors (Lipinski definition) is 1. The summed E-state index contributed by atoms with van der Waals surface area (Å²) >= 11 is 0. The molecular formula is C23H26N2O3. The normalized spacial score (nSPS) is 10.9. The molecule has 2 aromatic carbocycles. The summed E-state index contributed by atoms with van der Waals surface area (Å²) in [6.45, 7) is 10.3. The molecule has 0 spiro atoms. The number of rotatable bonds is 6. The number of carbonyl (C=O) groups is 1. The molecule has 0 saturated heterocycles. The number of anilines is 1. The van der Waals surface area contributed by atoms with Gasteiger partial charge in [0, 0.05) is 11.3 Å². The fourth-order valence-corrected chi connectivity index (χ4v) is 3.12. The van der Waals surface area contributed by atoms with Crippen LogP contribution in [-0.4, -0.2) is 11.1 Å². The number of nitrogens with one attached hydrogen (secondary N) is 1. The lowest BCUT2D eigenvalue weighted by Crippen LogP contribution is -2.15. The van der Waals surface area contributed by atoms with Crippen molar-refractivity contribution < 1.29 is 14.1 Å². The summed E-state index contributed by atoms with van der Waals surface area (Å²) in [6.07, 6.45) is 0. The Kier molecular flexibility index (Phi) is 5.83. The maximum atomic E-state index is 12.8. The highest BCUT2D eigenvalue weighted by molar-refractivity contribution is 6.05. The molecule has 0 atom stereocenters. The minimum absolute atomic E-state index is 0.154. The third-order valence-electron chi connectivity index (χ3n) is 4.83. The van der Waals surface area contributed by atoms with Crippen LogP contribution in [0.3, 0.4) is 0 Å². The van der Waals surface area contributed by atoms with E-state index in [-0.39, 0.29) is 5.91 Å². The monoisotopic (exact) mass is 378 g/mol. The van der Waals surface area contributed by atoms with Crippen LogP contribution < -0.4 is 10.1 Å². The van der Waals surface area contributed by atoms with E-state index < -0.39 is 0 Å². The van der Waals surface area contributed by atoms with Crippen molar-refractivity contribution in [3.8, 4) is 5.75 Å². The molecule has 0 fully saturated rings. The van der Waals surface area contributed by atoms with Crippen LogP contribution in [0, 0.1) is 20.8 Å². The summed E-state index contributed by atoms with van der Waals surface area (Å²) in [4.78, 5) is 12.8. The van der Waals surface area contributed by atoms with Gasteiger partial charge in [0.2, 0.25) is 0 Å². The number of ether oxygens (including phenoxy) is 1. The first kappa shape index (κ1) is 19.7. The van der Waals surface area contributed by atoms with Crippen LogP contribution in [0.2, 0.25) is 0 Å². The van der Waals surface area contributed by atoms with Crippen molar-refractivity contribution in [1.82, 2.24) is 5.16 Å². The van der Waals surface area contributed by atoms with Gasteiger partial charge in [-0.25, -0.2) is 0 Å². The molecule has 1 amide bonds. The van der Waals surface area contributed by atoms with Crippen LogP contribution in [0.1, 0.15) is 58.3 Å². The fourth-order valence-electron chi connectivity index (χ4n) is 3.12. The SMILES string of the molecule is Cc1cccc(C(C)C)c1NC(=O)c1cccc(OCc2c(C)noc2C)c1. The average molecular weight is 378 g/mol. The topological polar surface area (TPSA) is 64.4 Å². The van der Waals surface area contributed by atoms with Crippen molar-refractivity contribution in [2.24, 2.45) is 0 Å². The lowest BCUT2D eigenvalue weighted by atomic mass is 9.98. The second-order valence-corrected chi connectivity index (χ2v) is 7.27. The molecule has 3 rings (SSSR count). The molecule has 0 aliphatic heterocycles. The van der Waals surface area contributed by atoms with Crippen LogP contribution in [0.4, 0.5) is 5.69 Å². The molecule has 1 N–H and O–H groups in total. The Morgan fingerprint density at radius 3 is 2.57 bits per heavy atom. The van der Waals surface area contributed by atoms with E-state index in [4.69, 9.17) is 9.26 Å². The zero-order valence-corrected chi connectivity index (χ0v) is 17.0. The number of carbonyl (C=O) groups excluding carboxylic acids is 1. The van der Waals surface area contributed by atoms with Gasteiger partial charge < -0.3 is 14.6 Å². The second kappa shape index (κ2) is 8.30. The first-order valence-electron chi connectivity index (χ1n) is 9.42. The molecule has 0 saturated carbocycles. The van der Waals surface area contributed by atoms with Crippen LogP contribution in [-0.2, 0) is 6.61 Å². The van der Waals surface area contributed by atoms with E-state index in [0.717, 1.165) is 33.8 Å². The number of para-hydroxylation sites is 1. The molecule has 3 aromatic rings. The highest BCUT2D eigenvalue weighted by atomic mass is 16.5. The van der Waals surface area contributed by atoms with Gasteiger partial charge in [-0.3, -0.25) is 4.79 Å². The third kappa shape index (κ3) is 4.25. The van der Waals surface area contributed by atoms with Gasteiger partial charge >= 0.3 is 0 Å². The van der Waals surface area contributed by atoms with Crippen LogP contribution in [0.25, 0.3) is 0 Å². The second-order valence-electron chi connectivity index (χ2n) is 7.27. The lowest BCUT2D eigenvalue weighted by molar-refractivity contribution is 0.102. The molecule has 146 valence electrons. The molecule has 1 aromatic heterocycles. The van der Waals surface area contributed by atoms with E-state index in [1.165, 1.54) is 0 Å². The Balaban J connectivity index is 1.76. The van der Waals surface area contributed by atoms with E-state index in [0.29, 0.717) is 23.8 Å². The third-order valence-corrected chi connectivity index (χ3v) is 4.83. The summed E-state index contributed by atoms with van der Waals surface area (Å²) in [5.41, 5.74) is 5.34. The number of aryl methyl sites for hydroxylation is 3. The van der Waals surface area contributed by atoms with Gasteiger partial charge in [0.15, 0.2) is 0 Å². The Bertz CT molecular complexity index is 970. The Morgan fingerprint density at radius 1 is 1.14 bits per heavy atom. The largest absolute Gasteiger partial charge is 0.489 e. The molecule has 5 heteroatoms. The van der Waals surface area contributed by atoms with Gasteiger partial charge in [0.25, 0.3) is 5.91 Å². The summed E-state index contributed by atoms with van der Waals surface area (Å²) in [7, 11) is 0. The maximum absolute atomic E-state index is 12.8. The van der Waals surface area contributed by atoms with Gasteiger partial charge in [-0.2, -0.15) is 0 Å². The molecular weight excluding hydrogens is 352 g/mol. The molecule has 5 nitrogen and oxygen atoms in total. The smallest absolute Gasteiger partial charge is 0.255 e. The van der Waals surface area contributed by atoms with Crippen molar-refractivity contribution >= 4 is 11.6 Å². The number of aromatic nitrogens is 1. The lowest BCUT2D eigenvalue weighted by Gasteiger charge is -2.16. The van der Waals surface area contributed by atoms with Crippen LogP contribution >= 0.6 is 0 Å². The van der Waals surface area contributed by atoms with Gasteiger partial charge in [-0.05, 0) is 56.0 Å². The van der Waals surface area contributed by atoms with Crippen molar-refractivity contribution in [3.63, 3.8) is 0 Å². The standard InChI is InChI=1S/C23H26N2O3/c1-14(2)20-11-6-8-15(3)22(20)24-23(26)18-9-7-10-19(12-18)27-13-21-16(4)25-28-17(21)5/h6-12,14H,13H2,1-5H3,(H,24,26). The van der Waals surface area contributed by atoms with Crippen molar-refractivity contribution in [2.75, 3.05) is 5.32 Å². The van der Waals surface area contributed by atoms with Gasteiger partial charge in [-0.15, -0.1) is 0 Å². The molecule has 0 aliphatic carbocycles. The van der Waals surface area contributed by atoms with E-state index in [1.807, 2.05) is 45.0 Å². The molecule has 0 bridgehead atoms. The minimum atomic E-state index is -0.154. The number of nitrogens with zero attached hydrogens (tertiary/aromatic N) is 1. The highest BCUT2D eigenvalue weighted by Gasteiger charge is 2.14. The predicted molar refractivity (Wildman–Crippen MR) is 110 cm³/mol. The zero-order chi connectivity index (χ0) is 20.3. The van der Waals surface area contributed by atoms with Crippen LogP contribution in [0.5, 0.6) is 5.75 Å². The summed E-state index contributed by atoms with van der Waals surface area (Å²) < 4.78 is 11.0. The maximum Gasteiger partial charge on any atom is 0.255 e. The minimum Gasteiger partial charge on any atom is -0.489 e. The molecule has 28 heavy (non-hydrogen) atoms. The molecule has 0 aliphatic rings. The van der Waals surface area contributed by atoms with E-state index in [2.05, 4.69) is 30.4 Å². The van der Waals surface area contributed by atoms with Crippen molar-refractivity contribution in [3.05, 3.63) is 76.2 Å². The number of hydrogen-bond acceptors (Lipinski definition) is 4. The average Bonchev–Trinajstić information content (AvgIpc) is 2.99. The van der Waals surface area contributed by atoms with E-state index >= 15 is 0 Å². The van der Waals surface area contributed by atoms with E-state index in [9.17, 15) is 4.79 Å². The number of amides is 1. The van der Waals surface area contributed by atoms with Gasteiger partial charge in [0.1, 0.15) is 18.1 Å². The highest BCUT2D eigenvalue weighted by Crippen LogP contribution is 2.28. The Hall–Kier alpha value is -3.08. The van der Waals surface area contributed by atoms with Crippen molar-refractivity contribution in [2.45, 2.75) is 47.1 Å². The molecule has 1 heterocycles.